The molecule has 1 heteroatoms. The van der Waals surface area contributed by atoms with E-state index in [4.69, 9.17) is 0 Å². The quantitative estimate of drug-likeness (QED) is 0.558. The number of rotatable bonds is 2. The summed E-state index contributed by atoms with van der Waals surface area (Å²) in [4.78, 5) is 0. The fourth-order valence-corrected chi connectivity index (χ4v) is 5.02. The second-order valence-electron chi connectivity index (χ2n) is 4.84. The molecule has 2 aliphatic carbocycles. The van der Waals surface area contributed by atoms with E-state index in [0.717, 1.165) is 11.3 Å². The van der Waals surface area contributed by atoms with Gasteiger partial charge in [-0.3, -0.25) is 0 Å². The van der Waals surface area contributed by atoms with E-state index in [1.807, 2.05) is 13.8 Å². The minimum Gasteiger partial charge on any atom is -0.116 e. The van der Waals surface area contributed by atoms with Crippen LogP contribution in [0.3, 0.4) is 0 Å². The van der Waals surface area contributed by atoms with Crippen molar-refractivity contribution in [2.45, 2.75) is 89.4 Å². The topological polar surface area (TPSA) is 0 Å². The summed E-state index contributed by atoms with van der Waals surface area (Å²) in [6.07, 6.45) is 15.4. The Morgan fingerprint density at radius 3 is 1.27 bits per heavy atom. The molecule has 90 valence electrons. The van der Waals surface area contributed by atoms with Crippen LogP contribution in [-0.4, -0.2) is 11.3 Å². The zero-order valence-electron chi connectivity index (χ0n) is 10.7. The van der Waals surface area contributed by atoms with Gasteiger partial charge in [-0.1, -0.05) is 52.4 Å². The van der Waals surface area contributed by atoms with Gasteiger partial charge >= 0.3 is 0 Å². The lowest BCUT2D eigenvalue weighted by Gasteiger charge is -2.28. The zero-order chi connectivity index (χ0) is 10.9. The summed E-state index contributed by atoms with van der Waals surface area (Å²) >= 11 is 0. The molecule has 0 aromatic carbocycles. The molecule has 0 aromatic rings. The Balaban J connectivity index is 0.000000531. The maximum absolute atomic E-state index is 2.00. The Labute approximate surface area is 98.4 Å². The van der Waals surface area contributed by atoms with Gasteiger partial charge in [-0.25, -0.2) is 0 Å². The van der Waals surface area contributed by atoms with Gasteiger partial charge in [0.05, 0.1) is 0 Å². The van der Waals surface area contributed by atoms with E-state index in [2.05, 4.69) is 0 Å². The molecular formula is C14H29P. The summed E-state index contributed by atoms with van der Waals surface area (Å²) < 4.78 is 0. The van der Waals surface area contributed by atoms with E-state index in [1.54, 1.807) is 25.7 Å². The monoisotopic (exact) mass is 228 g/mol. The van der Waals surface area contributed by atoms with Crippen LogP contribution in [0, 0.1) is 0 Å². The van der Waals surface area contributed by atoms with Gasteiger partial charge in [0.2, 0.25) is 0 Å². The van der Waals surface area contributed by atoms with Crippen molar-refractivity contribution in [3.05, 3.63) is 0 Å². The predicted molar refractivity (Wildman–Crippen MR) is 73.4 cm³/mol. The summed E-state index contributed by atoms with van der Waals surface area (Å²) in [6.45, 7) is 4.00. The molecule has 0 radical (unpaired) electrons. The van der Waals surface area contributed by atoms with Crippen molar-refractivity contribution in [2.75, 3.05) is 0 Å². The minimum absolute atomic E-state index is 1.15. The van der Waals surface area contributed by atoms with E-state index in [-0.39, 0.29) is 0 Å². The molecule has 0 N–H and O–H groups in total. The number of hydrogen-bond acceptors (Lipinski definition) is 0. The first-order valence-corrected chi connectivity index (χ1v) is 8.37. The summed E-state index contributed by atoms with van der Waals surface area (Å²) in [6, 6.07) is 0. The second-order valence-corrected chi connectivity index (χ2v) is 6.80. The Kier molecular flexibility index (Phi) is 7.71. The van der Waals surface area contributed by atoms with Crippen LogP contribution in [-0.2, 0) is 0 Å². The molecule has 15 heavy (non-hydrogen) atoms. The van der Waals surface area contributed by atoms with Crippen LogP contribution in [0.15, 0.2) is 0 Å². The van der Waals surface area contributed by atoms with Crippen molar-refractivity contribution < 1.29 is 0 Å². The predicted octanol–water partition coefficient (Wildman–Crippen LogP) is 5.36. The van der Waals surface area contributed by atoms with Gasteiger partial charge in [0, 0.05) is 0 Å². The first kappa shape index (κ1) is 13.5. The van der Waals surface area contributed by atoms with Crippen LogP contribution in [0.4, 0.5) is 0 Å². The van der Waals surface area contributed by atoms with Crippen LogP contribution in [0.2, 0.25) is 0 Å². The SMILES string of the molecule is C1CCC(PC2CCCCC2)CC1.CC. The molecule has 0 unspecified atom stereocenters. The molecule has 0 amide bonds. The molecule has 0 bridgehead atoms. The van der Waals surface area contributed by atoms with E-state index in [0.29, 0.717) is 0 Å². The van der Waals surface area contributed by atoms with Gasteiger partial charge < -0.3 is 0 Å². The van der Waals surface area contributed by atoms with Crippen molar-refractivity contribution in [3.63, 3.8) is 0 Å². The molecular weight excluding hydrogens is 199 g/mol. The first-order valence-electron chi connectivity index (χ1n) is 7.21. The van der Waals surface area contributed by atoms with E-state index >= 15 is 0 Å². The van der Waals surface area contributed by atoms with Gasteiger partial charge in [-0.05, 0) is 37.0 Å². The van der Waals surface area contributed by atoms with E-state index < -0.39 is 0 Å². The van der Waals surface area contributed by atoms with Crippen LogP contribution in [0.5, 0.6) is 0 Å². The maximum atomic E-state index is 2.00. The minimum atomic E-state index is 1.15. The van der Waals surface area contributed by atoms with Gasteiger partial charge in [0.1, 0.15) is 0 Å². The highest BCUT2D eigenvalue weighted by Crippen LogP contribution is 2.41. The zero-order valence-corrected chi connectivity index (χ0v) is 11.7. The van der Waals surface area contributed by atoms with Crippen LogP contribution in [0.1, 0.15) is 78.1 Å². The highest BCUT2D eigenvalue weighted by Gasteiger charge is 2.20. The molecule has 2 saturated carbocycles. The normalized spacial score (nSPS) is 24.4. The number of hydrogen-bond donors (Lipinski definition) is 0. The van der Waals surface area contributed by atoms with Gasteiger partial charge in [0.15, 0.2) is 0 Å². The highest BCUT2D eigenvalue weighted by molar-refractivity contribution is 7.39. The van der Waals surface area contributed by atoms with Crippen molar-refractivity contribution in [3.8, 4) is 0 Å². The highest BCUT2D eigenvalue weighted by atomic mass is 31.1. The van der Waals surface area contributed by atoms with Gasteiger partial charge in [-0.2, -0.15) is 0 Å². The molecule has 0 heterocycles. The first-order chi connectivity index (χ1) is 7.45. The lowest BCUT2D eigenvalue weighted by Crippen LogP contribution is -2.14. The molecule has 0 atom stereocenters. The Morgan fingerprint density at radius 1 is 0.600 bits per heavy atom. The lowest BCUT2D eigenvalue weighted by atomic mass is 10.00. The molecule has 0 saturated heterocycles. The molecule has 0 aromatic heterocycles. The average molecular weight is 228 g/mol. The largest absolute Gasteiger partial charge is 0.116 e. The van der Waals surface area contributed by atoms with Crippen molar-refractivity contribution in [1.82, 2.24) is 0 Å². The molecule has 0 aliphatic heterocycles. The van der Waals surface area contributed by atoms with Crippen molar-refractivity contribution >= 4 is 8.58 Å². The third kappa shape index (κ3) is 5.34. The van der Waals surface area contributed by atoms with Crippen LogP contribution >= 0.6 is 8.58 Å². The summed E-state index contributed by atoms with van der Waals surface area (Å²) in [5.74, 6) is 0. The molecule has 2 fully saturated rings. The summed E-state index contributed by atoms with van der Waals surface area (Å²) in [5, 5.41) is 0. The Bertz CT molecular complexity index is 116. The third-order valence-electron chi connectivity index (χ3n) is 3.68. The molecule has 0 nitrogen and oxygen atoms in total. The van der Waals surface area contributed by atoms with Crippen LogP contribution < -0.4 is 0 Å². The van der Waals surface area contributed by atoms with E-state index in [9.17, 15) is 0 Å². The summed E-state index contributed by atoms with van der Waals surface area (Å²) in [5.41, 5.74) is 2.30. The lowest BCUT2D eigenvalue weighted by molar-refractivity contribution is 0.490. The van der Waals surface area contributed by atoms with Crippen LogP contribution in [0.25, 0.3) is 0 Å². The van der Waals surface area contributed by atoms with Gasteiger partial charge in [-0.15, -0.1) is 8.58 Å². The molecule has 0 spiro atoms. The fourth-order valence-electron chi connectivity index (χ4n) is 2.87. The molecule has 2 aliphatic rings. The van der Waals surface area contributed by atoms with Crippen molar-refractivity contribution in [2.24, 2.45) is 0 Å². The maximum Gasteiger partial charge on any atom is -0.0234 e. The third-order valence-corrected chi connectivity index (χ3v) is 5.78. The molecule has 2 rings (SSSR count). The van der Waals surface area contributed by atoms with E-state index in [1.165, 1.54) is 47.1 Å². The summed E-state index contributed by atoms with van der Waals surface area (Å²) in [7, 11) is 1.33. The Morgan fingerprint density at radius 2 is 0.933 bits per heavy atom. The van der Waals surface area contributed by atoms with Gasteiger partial charge in [0.25, 0.3) is 0 Å². The smallest absolute Gasteiger partial charge is 0.0234 e. The standard InChI is InChI=1S/C12H23P.C2H6/c1-3-7-11(8-4-1)13-12-9-5-2-6-10-12;1-2/h11-13H,1-10H2;1-2H3. The Hall–Kier alpha value is 0.430. The average Bonchev–Trinajstić information content (AvgIpc) is 2.34. The van der Waals surface area contributed by atoms with Crippen molar-refractivity contribution in [1.29, 1.82) is 0 Å². The fraction of sp³-hybridized carbons (Fsp3) is 1.00. The second kappa shape index (κ2) is 8.57.